The van der Waals surface area contributed by atoms with Gasteiger partial charge in [0.1, 0.15) is 0 Å². The van der Waals surface area contributed by atoms with Crippen molar-refractivity contribution in [1.29, 1.82) is 0 Å². The molecule has 0 heterocycles. The molecule has 0 spiro atoms. The molecule has 1 N–H and O–H groups in total. The van der Waals surface area contributed by atoms with Gasteiger partial charge in [-0.05, 0) is 24.1 Å². The maximum absolute atomic E-state index is 13.1. The SMILES string of the molecule is CCc1cccc(NC(=O)C(F)(F)C(F)(F)C(F)(F)F)c1. The van der Waals surface area contributed by atoms with E-state index in [2.05, 4.69) is 0 Å². The molecule has 9 heteroatoms. The van der Waals surface area contributed by atoms with Gasteiger partial charge in [-0.3, -0.25) is 4.79 Å². The van der Waals surface area contributed by atoms with Crippen molar-refractivity contribution >= 4 is 11.6 Å². The molecule has 1 amide bonds. The van der Waals surface area contributed by atoms with Crippen LogP contribution in [0.25, 0.3) is 0 Å². The van der Waals surface area contributed by atoms with Crippen LogP contribution in [-0.4, -0.2) is 23.9 Å². The number of alkyl halides is 7. The summed E-state index contributed by atoms with van der Waals surface area (Å²) >= 11 is 0. The number of hydrogen-bond donors (Lipinski definition) is 1. The number of carbonyl (C=O) groups is 1. The van der Waals surface area contributed by atoms with Crippen LogP contribution in [0.2, 0.25) is 0 Å². The summed E-state index contributed by atoms with van der Waals surface area (Å²) in [5.74, 6) is -15.1. The Bertz CT molecular complexity index is 525. The Morgan fingerprint density at radius 1 is 1.10 bits per heavy atom. The molecule has 1 aromatic carbocycles. The molecule has 118 valence electrons. The van der Waals surface area contributed by atoms with Crippen LogP contribution < -0.4 is 5.32 Å². The van der Waals surface area contributed by atoms with Gasteiger partial charge in [-0.2, -0.15) is 30.7 Å². The van der Waals surface area contributed by atoms with Crippen LogP contribution in [0.5, 0.6) is 0 Å². The average molecular weight is 317 g/mol. The van der Waals surface area contributed by atoms with Crippen LogP contribution in [0.15, 0.2) is 24.3 Å². The molecule has 1 rings (SSSR count). The molecule has 1 aromatic rings. The van der Waals surface area contributed by atoms with Crippen molar-refractivity contribution in [3.63, 3.8) is 0 Å². The maximum atomic E-state index is 13.1. The Kier molecular flexibility index (Phi) is 4.54. The second-order valence-corrected chi connectivity index (χ2v) is 4.15. The second-order valence-electron chi connectivity index (χ2n) is 4.15. The van der Waals surface area contributed by atoms with Crippen molar-refractivity contribution < 1.29 is 35.5 Å². The monoisotopic (exact) mass is 317 g/mol. The Morgan fingerprint density at radius 3 is 2.14 bits per heavy atom. The lowest BCUT2D eigenvalue weighted by atomic mass is 10.1. The van der Waals surface area contributed by atoms with Crippen LogP contribution in [0.1, 0.15) is 12.5 Å². The van der Waals surface area contributed by atoms with Crippen molar-refractivity contribution in [3.8, 4) is 0 Å². The topological polar surface area (TPSA) is 29.1 Å². The summed E-state index contributed by atoms with van der Waals surface area (Å²) in [5.41, 5.74) is 0.288. The number of aryl methyl sites for hydroxylation is 1. The molecule has 0 saturated heterocycles. The molecule has 0 aliphatic rings. The van der Waals surface area contributed by atoms with E-state index in [9.17, 15) is 35.5 Å². The summed E-state index contributed by atoms with van der Waals surface area (Å²) in [5, 5.41) is 1.37. The zero-order chi connectivity index (χ0) is 16.5. The summed E-state index contributed by atoms with van der Waals surface area (Å²) in [7, 11) is 0. The lowest BCUT2D eigenvalue weighted by Gasteiger charge is -2.27. The van der Waals surface area contributed by atoms with E-state index in [0.29, 0.717) is 12.0 Å². The number of amides is 1. The number of nitrogens with one attached hydrogen (secondary N) is 1. The first kappa shape index (κ1) is 17.3. The Morgan fingerprint density at radius 2 is 1.67 bits per heavy atom. The highest BCUT2D eigenvalue weighted by molar-refractivity contribution is 5.97. The molecule has 0 atom stereocenters. The van der Waals surface area contributed by atoms with Crippen LogP contribution >= 0.6 is 0 Å². The fraction of sp³-hybridized carbons (Fsp3) is 0.417. The molecule has 0 unspecified atom stereocenters. The molecule has 0 bridgehead atoms. The predicted molar refractivity (Wildman–Crippen MR) is 60.4 cm³/mol. The van der Waals surface area contributed by atoms with Gasteiger partial charge in [0.2, 0.25) is 0 Å². The summed E-state index contributed by atoms with van der Waals surface area (Å²) in [6, 6.07) is 5.20. The zero-order valence-electron chi connectivity index (χ0n) is 10.6. The summed E-state index contributed by atoms with van der Waals surface area (Å²) in [6.07, 6.45) is -6.09. The Balaban J connectivity index is 3.01. The van der Waals surface area contributed by atoms with E-state index in [1.165, 1.54) is 17.4 Å². The normalized spacial score (nSPS) is 13.1. The standard InChI is InChI=1S/C12H10F7NO/c1-2-7-4-3-5-8(6-7)20-9(21)10(13,14)11(15,16)12(17,18)19/h3-6H,2H2,1H3,(H,20,21). The lowest BCUT2D eigenvalue weighted by molar-refractivity contribution is -0.343. The molecular weight excluding hydrogens is 307 g/mol. The van der Waals surface area contributed by atoms with Gasteiger partial charge >= 0.3 is 23.9 Å². The van der Waals surface area contributed by atoms with Crippen molar-refractivity contribution in [2.24, 2.45) is 0 Å². The highest BCUT2D eigenvalue weighted by atomic mass is 19.4. The van der Waals surface area contributed by atoms with Gasteiger partial charge in [0.15, 0.2) is 0 Å². The molecular formula is C12H10F7NO. The van der Waals surface area contributed by atoms with Crippen LogP contribution in [0.4, 0.5) is 36.4 Å². The molecule has 0 fully saturated rings. The second kappa shape index (κ2) is 5.53. The van der Waals surface area contributed by atoms with E-state index in [1.54, 1.807) is 13.0 Å². The first-order valence-corrected chi connectivity index (χ1v) is 5.66. The van der Waals surface area contributed by atoms with Crippen LogP contribution in [0, 0.1) is 0 Å². The van der Waals surface area contributed by atoms with Gasteiger partial charge in [0.25, 0.3) is 0 Å². The minimum atomic E-state index is -6.54. The van der Waals surface area contributed by atoms with Gasteiger partial charge in [-0.15, -0.1) is 0 Å². The molecule has 0 aliphatic heterocycles. The Labute approximate surface area is 114 Å². The molecule has 0 aliphatic carbocycles. The minimum Gasteiger partial charge on any atom is -0.321 e. The average Bonchev–Trinajstić information content (AvgIpc) is 2.37. The number of halogens is 7. The fourth-order valence-electron chi connectivity index (χ4n) is 1.40. The highest BCUT2D eigenvalue weighted by Gasteiger charge is 2.76. The number of anilines is 1. The lowest BCUT2D eigenvalue weighted by Crippen LogP contribution is -2.57. The molecule has 0 radical (unpaired) electrons. The van der Waals surface area contributed by atoms with Crippen LogP contribution in [-0.2, 0) is 11.2 Å². The smallest absolute Gasteiger partial charge is 0.321 e. The number of benzene rings is 1. The fourth-order valence-corrected chi connectivity index (χ4v) is 1.40. The van der Waals surface area contributed by atoms with E-state index in [0.717, 1.165) is 6.07 Å². The van der Waals surface area contributed by atoms with Crippen molar-refractivity contribution in [2.75, 3.05) is 5.32 Å². The largest absolute Gasteiger partial charge is 0.460 e. The summed E-state index contributed by atoms with van der Waals surface area (Å²) in [6.45, 7) is 1.70. The first-order valence-electron chi connectivity index (χ1n) is 5.66. The van der Waals surface area contributed by atoms with Crippen molar-refractivity contribution in [1.82, 2.24) is 0 Å². The van der Waals surface area contributed by atoms with Gasteiger partial charge in [-0.25, -0.2) is 0 Å². The predicted octanol–water partition coefficient (Wildman–Crippen LogP) is 4.02. The van der Waals surface area contributed by atoms with Crippen molar-refractivity contribution in [2.45, 2.75) is 31.4 Å². The first-order chi connectivity index (χ1) is 9.43. The summed E-state index contributed by atoms with van der Waals surface area (Å²) < 4.78 is 87.3. The number of hydrogen-bond acceptors (Lipinski definition) is 1. The van der Waals surface area contributed by atoms with Gasteiger partial charge in [0, 0.05) is 5.69 Å². The van der Waals surface area contributed by atoms with Gasteiger partial charge in [0.05, 0.1) is 0 Å². The van der Waals surface area contributed by atoms with E-state index in [1.807, 2.05) is 0 Å². The third-order valence-corrected chi connectivity index (χ3v) is 2.63. The van der Waals surface area contributed by atoms with E-state index >= 15 is 0 Å². The molecule has 0 aromatic heterocycles. The Hall–Kier alpha value is -1.80. The minimum absolute atomic E-state index is 0.294. The van der Waals surface area contributed by atoms with Gasteiger partial charge < -0.3 is 5.32 Å². The number of rotatable bonds is 4. The highest BCUT2D eigenvalue weighted by Crippen LogP contribution is 2.46. The third-order valence-electron chi connectivity index (χ3n) is 2.63. The van der Waals surface area contributed by atoms with Gasteiger partial charge in [-0.1, -0.05) is 19.1 Å². The zero-order valence-corrected chi connectivity index (χ0v) is 10.6. The van der Waals surface area contributed by atoms with E-state index in [-0.39, 0.29) is 5.69 Å². The van der Waals surface area contributed by atoms with E-state index < -0.39 is 23.9 Å². The third kappa shape index (κ3) is 3.27. The van der Waals surface area contributed by atoms with Crippen molar-refractivity contribution in [3.05, 3.63) is 29.8 Å². The number of carbonyl (C=O) groups excluding carboxylic acids is 1. The van der Waals surface area contributed by atoms with Crippen LogP contribution in [0.3, 0.4) is 0 Å². The maximum Gasteiger partial charge on any atom is 0.460 e. The molecule has 0 saturated carbocycles. The summed E-state index contributed by atoms with van der Waals surface area (Å²) in [4.78, 5) is 11.1. The molecule has 2 nitrogen and oxygen atoms in total. The quantitative estimate of drug-likeness (QED) is 0.835. The van der Waals surface area contributed by atoms with E-state index in [4.69, 9.17) is 0 Å². The molecule has 21 heavy (non-hydrogen) atoms.